The van der Waals surface area contributed by atoms with Crippen LogP contribution in [-0.2, 0) is 12.8 Å². The average Bonchev–Trinajstić information content (AvgIpc) is 2.31. The monoisotopic (exact) mass is 231 g/mol. The fourth-order valence-corrected chi connectivity index (χ4v) is 2.83. The summed E-state index contributed by atoms with van der Waals surface area (Å²) in [5.74, 6) is 0. The third-order valence-electron chi connectivity index (χ3n) is 3.34. The van der Waals surface area contributed by atoms with Gasteiger partial charge in [-0.1, -0.05) is 36.2 Å². The molecule has 0 fully saturated rings. The van der Waals surface area contributed by atoms with Crippen molar-refractivity contribution in [2.45, 2.75) is 32.1 Å². The molecule has 0 radical (unpaired) electrons. The van der Waals surface area contributed by atoms with Crippen LogP contribution in [0.2, 0.25) is 5.02 Å². The normalized spacial score (nSPS) is 15.8. The van der Waals surface area contributed by atoms with Gasteiger partial charge in [0.1, 0.15) is 0 Å². The van der Waals surface area contributed by atoms with E-state index in [1.165, 1.54) is 30.2 Å². The highest BCUT2D eigenvalue weighted by Gasteiger charge is 2.14. The summed E-state index contributed by atoms with van der Waals surface area (Å²) in [6.07, 6.45) is 5.86. The van der Waals surface area contributed by atoms with E-state index in [0.717, 1.165) is 29.1 Å². The van der Waals surface area contributed by atoms with E-state index in [-0.39, 0.29) is 0 Å². The highest BCUT2D eigenvalue weighted by atomic mass is 35.5. The molecule has 1 aliphatic carbocycles. The van der Waals surface area contributed by atoms with Crippen LogP contribution >= 0.6 is 11.6 Å². The van der Waals surface area contributed by atoms with Gasteiger partial charge in [-0.15, -0.1) is 0 Å². The summed E-state index contributed by atoms with van der Waals surface area (Å²) in [7, 11) is 0. The number of hydrogen-bond donors (Lipinski definition) is 0. The molecule has 1 nitrogen and oxygen atoms in total. The Labute approximate surface area is 100 Å². The molecule has 0 saturated heterocycles. The van der Waals surface area contributed by atoms with E-state index in [2.05, 4.69) is 23.2 Å². The van der Waals surface area contributed by atoms with Gasteiger partial charge in [-0.3, -0.25) is 4.98 Å². The molecule has 1 aromatic carbocycles. The van der Waals surface area contributed by atoms with Crippen molar-refractivity contribution < 1.29 is 0 Å². The summed E-state index contributed by atoms with van der Waals surface area (Å²) in [5.41, 5.74) is 3.50. The van der Waals surface area contributed by atoms with Gasteiger partial charge in [-0.25, -0.2) is 0 Å². The topological polar surface area (TPSA) is 12.9 Å². The second-order valence-electron chi connectivity index (χ2n) is 4.43. The first-order valence-corrected chi connectivity index (χ1v) is 6.30. The van der Waals surface area contributed by atoms with Crippen LogP contribution in [0, 0.1) is 0 Å². The third kappa shape index (κ3) is 1.60. The predicted molar refractivity (Wildman–Crippen MR) is 68.0 cm³/mol. The molecule has 2 heteroatoms. The van der Waals surface area contributed by atoms with Crippen LogP contribution in [0.5, 0.6) is 0 Å². The largest absolute Gasteiger partial charge is 0.251 e. The number of aryl methyl sites for hydroxylation is 2. The molecular formula is C14H14ClN. The molecule has 0 saturated carbocycles. The summed E-state index contributed by atoms with van der Waals surface area (Å²) in [6, 6.07) is 8.33. The van der Waals surface area contributed by atoms with Gasteiger partial charge < -0.3 is 0 Å². The van der Waals surface area contributed by atoms with Crippen molar-refractivity contribution >= 4 is 22.5 Å². The van der Waals surface area contributed by atoms with Gasteiger partial charge in [-0.05, 0) is 37.3 Å². The maximum Gasteiger partial charge on any atom is 0.0709 e. The molecule has 0 amide bonds. The lowest BCUT2D eigenvalue weighted by molar-refractivity contribution is 0.661. The predicted octanol–water partition coefficient (Wildman–Crippen LogP) is 4.16. The van der Waals surface area contributed by atoms with Crippen LogP contribution in [0.3, 0.4) is 0 Å². The Kier molecular flexibility index (Phi) is 2.56. The van der Waals surface area contributed by atoms with Crippen LogP contribution in [0.15, 0.2) is 24.3 Å². The van der Waals surface area contributed by atoms with Crippen molar-refractivity contribution in [3.05, 3.63) is 40.5 Å². The Bertz CT molecular complexity index is 533. The SMILES string of the molecule is Clc1c2nc3ccccc3c1CCCCC2. The molecule has 0 unspecified atom stereocenters. The molecule has 1 heterocycles. The third-order valence-corrected chi connectivity index (χ3v) is 3.79. The van der Waals surface area contributed by atoms with E-state index in [9.17, 15) is 0 Å². The summed E-state index contributed by atoms with van der Waals surface area (Å²) in [6.45, 7) is 0. The van der Waals surface area contributed by atoms with Gasteiger partial charge in [-0.2, -0.15) is 0 Å². The zero-order valence-corrected chi connectivity index (χ0v) is 9.93. The van der Waals surface area contributed by atoms with Crippen molar-refractivity contribution in [2.75, 3.05) is 0 Å². The molecule has 82 valence electrons. The number of benzene rings is 1. The molecule has 1 aromatic heterocycles. The Hall–Kier alpha value is -1.08. The fraction of sp³-hybridized carbons (Fsp3) is 0.357. The molecule has 1 aliphatic rings. The van der Waals surface area contributed by atoms with E-state index in [1.54, 1.807) is 0 Å². The molecule has 0 spiro atoms. The molecule has 0 aliphatic heterocycles. The Morgan fingerprint density at radius 3 is 2.75 bits per heavy atom. The lowest BCUT2D eigenvalue weighted by Gasteiger charge is -2.15. The number of aromatic nitrogens is 1. The lowest BCUT2D eigenvalue weighted by atomic mass is 9.96. The molecule has 0 N–H and O–H groups in total. The van der Waals surface area contributed by atoms with E-state index in [4.69, 9.17) is 11.6 Å². The number of para-hydroxylation sites is 1. The zero-order valence-electron chi connectivity index (χ0n) is 9.17. The van der Waals surface area contributed by atoms with E-state index < -0.39 is 0 Å². The van der Waals surface area contributed by atoms with Gasteiger partial charge in [0.15, 0.2) is 0 Å². The molecular weight excluding hydrogens is 218 g/mol. The first kappa shape index (κ1) is 10.1. The lowest BCUT2D eigenvalue weighted by Crippen LogP contribution is -2.02. The molecule has 3 rings (SSSR count). The van der Waals surface area contributed by atoms with Crippen molar-refractivity contribution in [3.8, 4) is 0 Å². The minimum absolute atomic E-state index is 0.915. The number of hydrogen-bond acceptors (Lipinski definition) is 1. The highest BCUT2D eigenvalue weighted by molar-refractivity contribution is 6.32. The number of halogens is 1. The maximum absolute atomic E-state index is 6.44. The standard InChI is InChI=1S/C14H14ClN/c15-14-11-7-2-1-3-9-13(14)16-12-8-5-4-6-10(11)12/h4-6,8H,1-3,7,9H2. The van der Waals surface area contributed by atoms with Crippen molar-refractivity contribution in [2.24, 2.45) is 0 Å². The van der Waals surface area contributed by atoms with Gasteiger partial charge in [0.2, 0.25) is 0 Å². The molecule has 16 heavy (non-hydrogen) atoms. The van der Waals surface area contributed by atoms with E-state index in [0.29, 0.717) is 0 Å². The Balaban J connectivity index is 2.33. The van der Waals surface area contributed by atoms with Crippen molar-refractivity contribution in [1.29, 1.82) is 0 Å². The van der Waals surface area contributed by atoms with Gasteiger partial charge in [0.25, 0.3) is 0 Å². The number of rotatable bonds is 0. The van der Waals surface area contributed by atoms with Crippen LogP contribution < -0.4 is 0 Å². The van der Waals surface area contributed by atoms with Crippen LogP contribution in [0.1, 0.15) is 30.5 Å². The van der Waals surface area contributed by atoms with Crippen LogP contribution in [-0.4, -0.2) is 4.98 Å². The number of nitrogens with zero attached hydrogens (tertiary/aromatic N) is 1. The quantitative estimate of drug-likeness (QED) is 0.664. The van der Waals surface area contributed by atoms with Gasteiger partial charge in [0.05, 0.1) is 16.2 Å². The fourth-order valence-electron chi connectivity index (χ4n) is 2.49. The highest BCUT2D eigenvalue weighted by Crippen LogP contribution is 2.31. The smallest absolute Gasteiger partial charge is 0.0709 e. The summed E-state index contributed by atoms with van der Waals surface area (Å²) >= 11 is 6.44. The number of fused-ring (bicyclic) bond motifs is 4. The average molecular weight is 232 g/mol. The summed E-state index contributed by atoms with van der Waals surface area (Å²) in [4.78, 5) is 4.68. The van der Waals surface area contributed by atoms with Gasteiger partial charge in [0, 0.05) is 5.39 Å². The molecule has 0 atom stereocenters. The second-order valence-corrected chi connectivity index (χ2v) is 4.81. The van der Waals surface area contributed by atoms with Gasteiger partial charge >= 0.3 is 0 Å². The minimum atomic E-state index is 0.915. The Morgan fingerprint density at radius 2 is 1.81 bits per heavy atom. The molecule has 2 bridgehead atoms. The summed E-state index contributed by atoms with van der Waals surface area (Å²) in [5, 5.41) is 2.15. The van der Waals surface area contributed by atoms with Crippen LogP contribution in [0.25, 0.3) is 10.9 Å². The van der Waals surface area contributed by atoms with Crippen LogP contribution in [0.4, 0.5) is 0 Å². The van der Waals surface area contributed by atoms with E-state index in [1.807, 2.05) is 6.07 Å². The molecule has 2 aromatic rings. The van der Waals surface area contributed by atoms with E-state index >= 15 is 0 Å². The first-order chi connectivity index (χ1) is 7.86. The Morgan fingerprint density at radius 1 is 1.00 bits per heavy atom. The summed E-state index contributed by atoms with van der Waals surface area (Å²) < 4.78 is 0. The first-order valence-electron chi connectivity index (χ1n) is 5.92. The maximum atomic E-state index is 6.44. The number of pyridine rings is 1. The van der Waals surface area contributed by atoms with Crippen molar-refractivity contribution in [3.63, 3.8) is 0 Å². The van der Waals surface area contributed by atoms with Crippen molar-refractivity contribution in [1.82, 2.24) is 4.98 Å². The second kappa shape index (κ2) is 4.06. The zero-order chi connectivity index (χ0) is 11.0. The minimum Gasteiger partial charge on any atom is -0.251 e.